The number of anilines is 1. The molecule has 0 saturated heterocycles. The van der Waals surface area contributed by atoms with E-state index in [-0.39, 0.29) is 29.1 Å². The number of carbonyl (C=O) groups excluding carboxylic acids is 3. The smallest absolute Gasteiger partial charge is 0.322 e. The van der Waals surface area contributed by atoms with Crippen LogP contribution in [0.15, 0.2) is 24.4 Å². The van der Waals surface area contributed by atoms with Crippen LogP contribution in [0.1, 0.15) is 34.6 Å². The van der Waals surface area contributed by atoms with Gasteiger partial charge in [0, 0.05) is 11.8 Å². The zero-order valence-corrected chi connectivity index (χ0v) is 15.1. The van der Waals surface area contributed by atoms with Crippen LogP contribution in [0.25, 0.3) is 0 Å². The summed E-state index contributed by atoms with van der Waals surface area (Å²) in [6, 6.07) is 1.47. The summed E-state index contributed by atoms with van der Waals surface area (Å²) in [6.07, 6.45) is 1.08. The van der Waals surface area contributed by atoms with Crippen LogP contribution in [-0.4, -0.2) is 34.3 Å². The number of urea groups is 1. The highest BCUT2D eigenvalue weighted by Gasteiger charge is 2.28. The van der Waals surface area contributed by atoms with E-state index in [2.05, 4.69) is 15.6 Å². The lowest BCUT2D eigenvalue weighted by atomic mass is 10.1. The number of hydrogen-bond donors (Lipinski definition) is 3. The molecule has 0 unspecified atom stereocenters. The van der Waals surface area contributed by atoms with E-state index in [4.69, 9.17) is 5.73 Å². The van der Waals surface area contributed by atoms with Gasteiger partial charge in [0.05, 0.1) is 29.5 Å². The molecule has 1 aliphatic heterocycles. The third-order valence-electron chi connectivity index (χ3n) is 4.35. The van der Waals surface area contributed by atoms with E-state index < -0.39 is 47.9 Å². The number of carbonyl (C=O) groups is 3. The van der Waals surface area contributed by atoms with Crippen molar-refractivity contribution in [2.45, 2.75) is 19.5 Å². The first-order valence-corrected chi connectivity index (χ1v) is 8.44. The molecule has 0 saturated carbocycles. The van der Waals surface area contributed by atoms with Crippen LogP contribution in [-0.2, 0) is 11.3 Å². The fourth-order valence-electron chi connectivity index (χ4n) is 2.88. The number of pyridine rings is 1. The molecule has 8 nitrogen and oxygen atoms in total. The van der Waals surface area contributed by atoms with Crippen LogP contribution in [0.3, 0.4) is 0 Å². The Hall–Kier alpha value is -3.63. The molecule has 1 aromatic carbocycles. The van der Waals surface area contributed by atoms with Crippen molar-refractivity contribution < 1.29 is 27.6 Å². The number of rotatable bonds is 5. The molecule has 2 heterocycles. The molecule has 1 aromatic heterocycles. The summed E-state index contributed by atoms with van der Waals surface area (Å²) in [7, 11) is 0. The third kappa shape index (κ3) is 4.13. The predicted octanol–water partition coefficient (Wildman–Crippen LogP) is 1.82. The lowest BCUT2D eigenvalue weighted by molar-refractivity contribution is -0.122. The van der Waals surface area contributed by atoms with Crippen molar-refractivity contribution in [3.8, 4) is 0 Å². The number of aromatic nitrogens is 1. The van der Waals surface area contributed by atoms with Crippen molar-refractivity contribution in [1.29, 1.82) is 0 Å². The van der Waals surface area contributed by atoms with Gasteiger partial charge in [-0.25, -0.2) is 18.0 Å². The first-order chi connectivity index (χ1) is 13.7. The molecule has 0 bridgehead atoms. The molecule has 4 N–H and O–H groups in total. The van der Waals surface area contributed by atoms with Crippen LogP contribution >= 0.6 is 0 Å². The molecule has 3 rings (SSSR count). The molecule has 4 amide bonds. The van der Waals surface area contributed by atoms with E-state index >= 15 is 0 Å². The highest BCUT2D eigenvalue weighted by Crippen LogP contribution is 2.27. The van der Waals surface area contributed by atoms with Crippen LogP contribution in [0.4, 0.5) is 23.7 Å². The number of nitrogens with one attached hydrogen (secondary N) is 2. The van der Waals surface area contributed by atoms with Gasteiger partial charge in [0.15, 0.2) is 11.6 Å². The van der Waals surface area contributed by atoms with Crippen molar-refractivity contribution in [2.75, 3.05) is 11.9 Å². The van der Waals surface area contributed by atoms with E-state index in [1.165, 1.54) is 13.0 Å². The Bertz CT molecular complexity index is 1010. The Kier molecular flexibility index (Phi) is 5.39. The van der Waals surface area contributed by atoms with E-state index in [0.29, 0.717) is 0 Å². The van der Waals surface area contributed by atoms with Crippen LogP contribution in [0.5, 0.6) is 0 Å². The van der Waals surface area contributed by atoms with Gasteiger partial charge in [0.2, 0.25) is 11.8 Å². The quantitative estimate of drug-likeness (QED) is 0.701. The minimum Gasteiger partial charge on any atom is -0.366 e. The van der Waals surface area contributed by atoms with Gasteiger partial charge in [-0.1, -0.05) is 0 Å². The number of halogens is 3. The van der Waals surface area contributed by atoms with Gasteiger partial charge in [-0.05, 0) is 25.1 Å². The third-order valence-corrected chi connectivity index (χ3v) is 4.35. The Balaban J connectivity index is 1.68. The van der Waals surface area contributed by atoms with Crippen LogP contribution in [0.2, 0.25) is 0 Å². The summed E-state index contributed by atoms with van der Waals surface area (Å²) in [5.74, 6) is -4.54. The number of nitrogens with two attached hydrogens (primary N) is 1. The summed E-state index contributed by atoms with van der Waals surface area (Å²) in [6.45, 7) is 0.660. The summed E-state index contributed by atoms with van der Waals surface area (Å²) in [4.78, 5) is 40.2. The standard InChI is InChI=1S/C18H16F3N5O3/c1-8(16-12(20)4-9(5-23-16)17(22)28)24-14(27)7-26-6-10-13(25-18(26)29)3-2-11(19)15(10)21/h2-5,8H,6-7H2,1H3,(H2,22,28)(H,24,27)(H,25,29)/t8-/m1/s1. The second kappa shape index (κ2) is 7.78. The van der Waals surface area contributed by atoms with Crippen LogP contribution in [0, 0.1) is 17.5 Å². The number of nitrogens with zero attached hydrogens (tertiary/aromatic N) is 2. The summed E-state index contributed by atoms with van der Waals surface area (Å²) < 4.78 is 41.5. The molecule has 0 spiro atoms. The van der Waals surface area contributed by atoms with Gasteiger partial charge >= 0.3 is 6.03 Å². The Labute approximate surface area is 162 Å². The first kappa shape index (κ1) is 20.1. The van der Waals surface area contributed by atoms with Crippen molar-refractivity contribution >= 4 is 23.5 Å². The summed E-state index contributed by atoms with van der Waals surface area (Å²) in [5.41, 5.74) is 4.84. The van der Waals surface area contributed by atoms with E-state index in [1.54, 1.807) is 0 Å². The number of fused-ring (bicyclic) bond motifs is 1. The number of primary amides is 1. The number of amides is 4. The zero-order chi connectivity index (χ0) is 21.3. The molecule has 29 heavy (non-hydrogen) atoms. The fraction of sp³-hybridized carbons (Fsp3) is 0.222. The topological polar surface area (TPSA) is 117 Å². The van der Waals surface area contributed by atoms with E-state index in [9.17, 15) is 27.6 Å². The molecule has 1 atom stereocenters. The van der Waals surface area contributed by atoms with Gasteiger partial charge in [0.25, 0.3) is 0 Å². The highest BCUT2D eigenvalue weighted by atomic mass is 19.2. The molecule has 11 heteroatoms. The minimum absolute atomic E-state index is 0.0831. The highest BCUT2D eigenvalue weighted by molar-refractivity contribution is 5.95. The van der Waals surface area contributed by atoms with Gasteiger partial charge in [0.1, 0.15) is 12.4 Å². The lowest BCUT2D eigenvalue weighted by Crippen LogP contribution is -2.45. The SMILES string of the molecule is C[C@@H](NC(=O)CN1Cc2c(ccc(F)c2F)NC1=O)c1ncc(C(N)=O)cc1F. The minimum atomic E-state index is -1.11. The largest absolute Gasteiger partial charge is 0.366 e. The van der Waals surface area contributed by atoms with Crippen molar-refractivity contribution in [3.05, 3.63) is 58.7 Å². The fourth-order valence-corrected chi connectivity index (χ4v) is 2.88. The van der Waals surface area contributed by atoms with E-state index in [1.807, 2.05) is 0 Å². The molecule has 0 fully saturated rings. The monoisotopic (exact) mass is 407 g/mol. The Morgan fingerprint density at radius 2 is 2.03 bits per heavy atom. The van der Waals surface area contributed by atoms with Crippen molar-refractivity contribution in [2.24, 2.45) is 5.73 Å². The molecule has 1 aliphatic rings. The van der Waals surface area contributed by atoms with Gasteiger partial charge in [-0.15, -0.1) is 0 Å². The molecular formula is C18H16F3N5O3. The Morgan fingerprint density at radius 3 is 2.69 bits per heavy atom. The predicted molar refractivity (Wildman–Crippen MR) is 95.1 cm³/mol. The maximum atomic E-state index is 14.1. The number of hydrogen-bond acceptors (Lipinski definition) is 4. The zero-order valence-electron chi connectivity index (χ0n) is 15.1. The van der Waals surface area contributed by atoms with E-state index in [0.717, 1.165) is 23.2 Å². The molecule has 0 radical (unpaired) electrons. The average molecular weight is 407 g/mol. The molecule has 2 aromatic rings. The second-order valence-electron chi connectivity index (χ2n) is 6.42. The van der Waals surface area contributed by atoms with Crippen LogP contribution < -0.4 is 16.4 Å². The molecular weight excluding hydrogens is 391 g/mol. The van der Waals surface area contributed by atoms with Gasteiger partial charge < -0.3 is 21.3 Å². The van der Waals surface area contributed by atoms with Gasteiger partial charge in [-0.3, -0.25) is 14.6 Å². The summed E-state index contributed by atoms with van der Waals surface area (Å²) in [5, 5.41) is 4.83. The lowest BCUT2D eigenvalue weighted by Gasteiger charge is -2.29. The first-order valence-electron chi connectivity index (χ1n) is 8.44. The Morgan fingerprint density at radius 1 is 1.31 bits per heavy atom. The summed E-state index contributed by atoms with van der Waals surface area (Å²) >= 11 is 0. The second-order valence-corrected chi connectivity index (χ2v) is 6.42. The maximum Gasteiger partial charge on any atom is 0.322 e. The van der Waals surface area contributed by atoms with Gasteiger partial charge in [-0.2, -0.15) is 0 Å². The maximum absolute atomic E-state index is 14.1. The molecule has 152 valence electrons. The van der Waals surface area contributed by atoms with Crippen molar-refractivity contribution in [1.82, 2.24) is 15.2 Å². The molecule has 0 aliphatic carbocycles. The average Bonchev–Trinajstić information content (AvgIpc) is 2.65. The van der Waals surface area contributed by atoms with Crippen molar-refractivity contribution in [3.63, 3.8) is 0 Å². The number of benzene rings is 1. The normalized spacial score (nSPS) is 14.1.